The van der Waals surface area contributed by atoms with Gasteiger partial charge in [0.2, 0.25) is 6.10 Å². The number of amides is 2. The maximum atomic E-state index is 12.8. The molecule has 0 aliphatic carbocycles. The Kier molecular flexibility index (Phi) is 8.21. The normalized spacial score (nSPS) is 11.3. The molecule has 7 nitrogen and oxygen atoms in total. The minimum Gasteiger partial charge on any atom is -0.497 e. The molecule has 2 rings (SSSR count). The van der Waals surface area contributed by atoms with Crippen molar-refractivity contribution in [2.45, 2.75) is 20.0 Å². The third kappa shape index (κ3) is 6.07. The van der Waals surface area contributed by atoms with E-state index in [0.717, 1.165) is 0 Å². The van der Waals surface area contributed by atoms with Crippen LogP contribution in [0.5, 0.6) is 5.75 Å². The Balaban J connectivity index is 2.03. The van der Waals surface area contributed by atoms with Gasteiger partial charge in [0.15, 0.2) is 0 Å². The van der Waals surface area contributed by atoms with Crippen LogP contribution in [0.25, 0.3) is 0 Å². The summed E-state index contributed by atoms with van der Waals surface area (Å²) in [6.07, 6.45) is -1.05. The van der Waals surface area contributed by atoms with Gasteiger partial charge in [-0.25, -0.2) is 0 Å². The molecule has 0 fully saturated rings. The lowest BCUT2D eigenvalue weighted by Crippen LogP contribution is -2.38. The summed E-state index contributed by atoms with van der Waals surface area (Å²) in [5.41, 5.74) is 0.969. The number of rotatable bonds is 9. The second-order valence-electron chi connectivity index (χ2n) is 6.20. The summed E-state index contributed by atoms with van der Waals surface area (Å²) in [6, 6.07) is 15.3. The Morgan fingerprint density at radius 1 is 0.966 bits per heavy atom. The van der Waals surface area contributed by atoms with Crippen molar-refractivity contribution >= 4 is 17.8 Å². The number of nitrogens with zero attached hydrogens (tertiary/aromatic N) is 1. The van der Waals surface area contributed by atoms with Crippen LogP contribution in [0.15, 0.2) is 54.6 Å². The van der Waals surface area contributed by atoms with Gasteiger partial charge < -0.3 is 19.7 Å². The highest BCUT2D eigenvalue weighted by Gasteiger charge is 2.28. The van der Waals surface area contributed by atoms with Crippen LogP contribution >= 0.6 is 0 Å². The Labute approximate surface area is 170 Å². The molecule has 7 heteroatoms. The highest BCUT2D eigenvalue weighted by Crippen LogP contribution is 2.20. The Morgan fingerprint density at radius 2 is 1.59 bits per heavy atom. The topological polar surface area (TPSA) is 84.9 Å². The van der Waals surface area contributed by atoms with Gasteiger partial charge in [-0.1, -0.05) is 30.3 Å². The molecule has 1 atom stereocenters. The lowest BCUT2D eigenvalue weighted by Gasteiger charge is -2.25. The first-order valence-electron chi connectivity index (χ1n) is 9.45. The predicted octanol–water partition coefficient (Wildman–Crippen LogP) is 2.58. The Morgan fingerprint density at radius 3 is 2.14 bits per heavy atom. The number of methoxy groups -OCH3 is 1. The lowest BCUT2D eigenvalue weighted by molar-refractivity contribution is -0.160. The van der Waals surface area contributed by atoms with E-state index in [4.69, 9.17) is 9.47 Å². The number of hydrogen-bond acceptors (Lipinski definition) is 5. The average molecular weight is 398 g/mol. The SMILES string of the molecule is CCN(CC)C(=O)[C@H](OC(=O)CNC(=O)c1ccc(OC)cc1)c1ccccc1. The number of carbonyl (C=O) groups excluding carboxylic acids is 3. The molecule has 2 aromatic rings. The van der Waals surface area contributed by atoms with Crippen molar-refractivity contribution in [1.29, 1.82) is 0 Å². The first kappa shape index (κ1) is 21.9. The third-order valence-electron chi connectivity index (χ3n) is 4.40. The molecule has 0 unspecified atom stereocenters. The molecule has 0 bridgehead atoms. The third-order valence-corrected chi connectivity index (χ3v) is 4.40. The zero-order valence-electron chi connectivity index (χ0n) is 16.9. The summed E-state index contributed by atoms with van der Waals surface area (Å²) < 4.78 is 10.5. The van der Waals surface area contributed by atoms with E-state index in [-0.39, 0.29) is 12.5 Å². The number of likely N-dealkylation sites (N-methyl/N-ethyl adjacent to an activating group) is 1. The van der Waals surface area contributed by atoms with Crippen molar-refractivity contribution in [3.63, 3.8) is 0 Å². The maximum Gasteiger partial charge on any atom is 0.326 e. The molecule has 0 saturated heterocycles. The number of hydrogen-bond donors (Lipinski definition) is 1. The van der Waals surface area contributed by atoms with Crippen LogP contribution in [-0.4, -0.2) is 49.4 Å². The van der Waals surface area contributed by atoms with Crippen LogP contribution in [0, 0.1) is 0 Å². The molecular weight excluding hydrogens is 372 g/mol. The molecule has 0 aliphatic rings. The Hall–Kier alpha value is -3.35. The van der Waals surface area contributed by atoms with Gasteiger partial charge in [0.25, 0.3) is 11.8 Å². The van der Waals surface area contributed by atoms with E-state index in [1.54, 1.807) is 53.4 Å². The molecular formula is C22H26N2O5. The number of benzene rings is 2. The molecule has 0 saturated carbocycles. The fourth-order valence-electron chi connectivity index (χ4n) is 2.76. The minimum absolute atomic E-state index is 0.295. The van der Waals surface area contributed by atoms with Gasteiger partial charge in [0.05, 0.1) is 7.11 Å². The summed E-state index contributed by atoms with van der Waals surface area (Å²) >= 11 is 0. The molecule has 1 N–H and O–H groups in total. The smallest absolute Gasteiger partial charge is 0.326 e. The van der Waals surface area contributed by atoms with Gasteiger partial charge in [-0.05, 0) is 38.1 Å². The summed E-state index contributed by atoms with van der Waals surface area (Å²) in [7, 11) is 1.54. The quantitative estimate of drug-likeness (QED) is 0.657. The second-order valence-corrected chi connectivity index (χ2v) is 6.20. The van der Waals surface area contributed by atoms with E-state index in [0.29, 0.717) is 30.0 Å². The monoisotopic (exact) mass is 398 g/mol. The van der Waals surface area contributed by atoms with Gasteiger partial charge >= 0.3 is 5.97 Å². The van der Waals surface area contributed by atoms with Crippen LogP contribution < -0.4 is 10.1 Å². The zero-order chi connectivity index (χ0) is 21.2. The van der Waals surface area contributed by atoms with E-state index >= 15 is 0 Å². The van der Waals surface area contributed by atoms with Crippen LogP contribution in [0.1, 0.15) is 35.9 Å². The van der Waals surface area contributed by atoms with E-state index in [1.807, 2.05) is 19.9 Å². The molecule has 29 heavy (non-hydrogen) atoms. The van der Waals surface area contributed by atoms with Crippen molar-refractivity contribution in [1.82, 2.24) is 10.2 Å². The minimum atomic E-state index is -1.05. The number of carbonyl (C=O) groups is 3. The van der Waals surface area contributed by atoms with Gasteiger partial charge in [0, 0.05) is 24.2 Å². The Bertz CT molecular complexity index is 817. The van der Waals surface area contributed by atoms with E-state index in [1.165, 1.54) is 7.11 Å². The van der Waals surface area contributed by atoms with E-state index < -0.39 is 18.0 Å². The standard InChI is InChI=1S/C22H26N2O5/c1-4-24(5-2)22(27)20(16-9-7-6-8-10-16)29-19(25)15-23-21(26)17-11-13-18(28-3)14-12-17/h6-14,20H,4-5,15H2,1-3H3,(H,23,26)/t20-/m1/s1. The molecule has 0 heterocycles. The van der Waals surface area contributed by atoms with Crippen molar-refractivity contribution in [3.8, 4) is 5.75 Å². The van der Waals surface area contributed by atoms with Crippen LogP contribution in [-0.2, 0) is 14.3 Å². The second kappa shape index (κ2) is 10.8. The fraction of sp³-hybridized carbons (Fsp3) is 0.318. The molecule has 0 aliphatic heterocycles. The average Bonchev–Trinajstić information content (AvgIpc) is 2.77. The number of ether oxygens (including phenoxy) is 2. The molecule has 0 radical (unpaired) electrons. The first-order chi connectivity index (χ1) is 14.0. The van der Waals surface area contributed by atoms with E-state index in [2.05, 4.69) is 5.32 Å². The van der Waals surface area contributed by atoms with Crippen molar-refractivity contribution < 1.29 is 23.9 Å². The molecule has 0 spiro atoms. The van der Waals surface area contributed by atoms with Crippen molar-refractivity contribution in [3.05, 3.63) is 65.7 Å². The van der Waals surface area contributed by atoms with Crippen LogP contribution in [0.2, 0.25) is 0 Å². The van der Waals surface area contributed by atoms with Gasteiger partial charge in [-0.15, -0.1) is 0 Å². The largest absolute Gasteiger partial charge is 0.497 e. The highest BCUT2D eigenvalue weighted by atomic mass is 16.5. The highest BCUT2D eigenvalue weighted by molar-refractivity contribution is 5.96. The maximum absolute atomic E-state index is 12.8. The van der Waals surface area contributed by atoms with Gasteiger partial charge in [0.1, 0.15) is 12.3 Å². The summed E-state index contributed by atoms with van der Waals surface area (Å²) in [6.45, 7) is 4.38. The molecule has 2 amide bonds. The van der Waals surface area contributed by atoms with Crippen molar-refractivity contribution in [2.75, 3.05) is 26.7 Å². The molecule has 0 aromatic heterocycles. The summed E-state index contributed by atoms with van der Waals surface area (Å²) in [4.78, 5) is 39.0. The van der Waals surface area contributed by atoms with Crippen molar-refractivity contribution in [2.24, 2.45) is 0 Å². The molecule has 154 valence electrons. The predicted molar refractivity (Wildman–Crippen MR) is 109 cm³/mol. The summed E-state index contributed by atoms with van der Waals surface area (Å²) in [5, 5.41) is 2.51. The fourth-order valence-corrected chi connectivity index (χ4v) is 2.76. The lowest BCUT2D eigenvalue weighted by atomic mass is 10.1. The summed E-state index contributed by atoms with van der Waals surface area (Å²) in [5.74, 6) is -0.783. The number of esters is 1. The van der Waals surface area contributed by atoms with Gasteiger partial charge in [-0.2, -0.15) is 0 Å². The van der Waals surface area contributed by atoms with Crippen LogP contribution in [0.4, 0.5) is 0 Å². The molecule has 2 aromatic carbocycles. The zero-order valence-corrected chi connectivity index (χ0v) is 16.9. The van der Waals surface area contributed by atoms with Crippen LogP contribution in [0.3, 0.4) is 0 Å². The number of nitrogens with one attached hydrogen (secondary N) is 1. The van der Waals surface area contributed by atoms with E-state index in [9.17, 15) is 14.4 Å². The first-order valence-corrected chi connectivity index (χ1v) is 9.45. The van der Waals surface area contributed by atoms with Gasteiger partial charge in [-0.3, -0.25) is 14.4 Å².